The number of rotatable bonds is 4. The van der Waals surface area contributed by atoms with Crippen LogP contribution in [0.5, 0.6) is 0 Å². The van der Waals surface area contributed by atoms with Gasteiger partial charge < -0.3 is 10.6 Å². The minimum atomic E-state index is 0.128. The van der Waals surface area contributed by atoms with Crippen molar-refractivity contribution in [2.75, 3.05) is 11.9 Å². The number of amides is 1. The van der Waals surface area contributed by atoms with E-state index >= 15 is 0 Å². The third kappa shape index (κ3) is 3.17. The van der Waals surface area contributed by atoms with Gasteiger partial charge in [-0.25, -0.2) is 0 Å². The van der Waals surface area contributed by atoms with Gasteiger partial charge in [0.15, 0.2) is 0 Å². The lowest BCUT2D eigenvalue weighted by atomic mass is 9.99. The Bertz CT molecular complexity index is 622. The zero-order valence-corrected chi connectivity index (χ0v) is 13.0. The third-order valence-electron chi connectivity index (χ3n) is 3.82. The van der Waals surface area contributed by atoms with E-state index in [0.717, 1.165) is 25.1 Å². The van der Waals surface area contributed by atoms with Crippen LogP contribution < -0.4 is 10.6 Å². The number of carbonyl (C=O) groups excluding carboxylic acids is 1. The van der Waals surface area contributed by atoms with Crippen molar-refractivity contribution < 1.29 is 4.79 Å². The fraction of sp³-hybridized carbons (Fsp3) is 0.353. The minimum absolute atomic E-state index is 0.128. The van der Waals surface area contributed by atoms with Gasteiger partial charge in [-0.05, 0) is 48.0 Å². The molecule has 0 aliphatic carbocycles. The Morgan fingerprint density at radius 2 is 2.24 bits per heavy atom. The van der Waals surface area contributed by atoms with E-state index in [0.29, 0.717) is 6.42 Å². The predicted molar refractivity (Wildman–Crippen MR) is 87.8 cm³/mol. The maximum atomic E-state index is 11.6. The van der Waals surface area contributed by atoms with Gasteiger partial charge in [-0.3, -0.25) is 4.79 Å². The fourth-order valence-corrected chi connectivity index (χ4v) is 3.64. The number of carbonyl (C=O) groups is 1. The lowest BCUT2D eigenvalue weighted by molar-refractivity contribution is -0.116. The van der Waals surface area contributed by atoms with Crippen LogP contribution in [0.2, 0.25) is 0 Å². The normalized spacial score (nSPS) is 16.0. The highest BCUT2D eigenvalue weighted by atomic mass is 32.1. The van der Waals surface area contributed by atoms with Gasteiger partial charge in [0.05, 0.1) is 6.04 Å². The molecule has 21 heavy (non-hydrogen) atoms. The van der Waals surface area contributed by atoms with Crippen LogP contribution in [-0.4, -0.2) is 12.5 Å². The third-order valence-corrected chi connectivity index (χ3v) is 4.76. The molecule has 1 atom stereocenters. The molecule has 0 radical (unpaired) electrons. The second-order valence-electron chi connectivity index (χ2n) is 5.32. The molecule has 0 spiro atoms. The molecule has 3 rings (SSSR count). The maximum Gasteiger partial charge on any atom is 0.224 e. The molecule has 110 valence electrons. The first-order valence-corrected chi connectivity index (χ1v) is 8.35. The predicted octanol–water partition coefficient (Wildman–Crippen LogP) is 3.72. The second kappa shape index (κ2) is 6.41. The Balaban J connectivity index is 1.94. The van der Waals surface area contributed by atoms with E-state index in [1.807, 2.05) is 6.07 Å². The molecule has 1 aromatic carbocycles. The van der Waals surface area contributed by atoms with Crippen molar-refractivity contribution in [1.82, 2.24) is 5.32 Å². The quantitative estimate of drug-likeness (QED) is 0.903. The summed E-state index contributed by atoms with van der Waals surface area (Å²) in [6.45, 7) is 3.06. The van der Waals surface area contributed by atoms with Crippen molar-refractivity contribution in [3.63, 3.8) is 0 Å². The van der Waals surface area contributed by atoms with E-state index in [1.54, 1.807) is 11.3 Å². The van der Waals surface area contributed by atoms with Crippen LogP contribution in [0.1, 0.15) is 41.8 Å². The summed E-state index contributed by atoms with van der Waals surface area (Å²) in [6, 6.07) is 10.9. The smallest absolute Gasteiger partial charge is 0.224 e. The summed E-state index contributed by atoms with van der Waals surface area (Å²) in [5, 5.41) is 8.67. The number of hydrogen-bond donors (Lipinski definition) is 2. The molecule has 3 nitrogen and oxygen atoms in total. The van der Waals surface area contributed by atoms with Crippen molar-refractivity contribution in [2.45, 2.75) is 32.2 Å². The first kappa shape index (κ1) is 14.3. The summed E-state index contributed by atoms with van der Waals surface area (Å²) in [6.07, 6.45) is 2.50. The van der Waals surface area contributed by atoms with E-state index in [2.05, 4.69) is 47.2 Å². The summed E-state index contributed by atoms with van der Waals surface area (Å²) >= 11 is 1.78. The van der Waals surface area contributed by atoms with Crippen LogP contribution in [0.15, 0.2) is 35.7 Å². The summed E-state index contributed by atoms with van der Waals surface area (Å²) in [7, 11) is 0. The first-order chi connectivity index (χ1) is 10.3. The lowest BCUT2D eigenvalue weighted by Crippen LogP contribution is -2.21. The Labute approximate surface area is 129 Å². The zero-order valence-electron chi connectivity index (χ0n) is 12.2. The molecular weight excluding hydrogens is 280 g/mol. The molecule has 0 fully saturated rings. The molecule has 0 bridgehead atoms. The number of thiophene rings is 1. The summed E-state index contributed by atoms with van der Waals surface area (Å²) < 4.78 is 0. The fourth-order valence-electron chi connectivity index (χ4n) is 2.82. The Morgan fingerprint density at radius 3 is 3.00 bits per heavy atom. The minimum Gasteiger partial charge on any atom is -0.326 e. The van der Waals surface area contributed by atoms with Crippen LogP contribution >= 0.6 is 11.3 Å². The molecular formula is C17H20N2OS. The number of hydrogen-bond acceptors (Lipinski definition) is 3. The first-order valence-electron chi connectivity index (χ1n) is 7.47. The average Bonchev–Trinajstić information content (AvgIpc) is 2.93. The molecule has 1 aliphatic rings. The highest BCUT2D eigenvalue weighted by molar-refractivity contribution is 7.10. The molecule has 0 saturated carbocycles. The van der Waals surface area contributed by atoms with Gasteiger partial charge in [-0.1, -0.05) is 25.1 Å². The molecule has 1 amide bonds. The van der Waals surface area contributed by atoms with Gasteiger partial charge in [-0.15, -0.1) is 11.3 Å². The molecule has 2 heterocycles. The van der Waals surface area contributed by atoms with Crippen LogP contribution in [0.4, 0.5) is 5.69 Å². The standard InChI is InChI=1S/C17H20N2OS/c1-2-18-17(15-6-4-10-21-15)13-8-9-14-12(11-13)5-3-7-16(20)19-14/h4,6,8-11,17-18H,2-3,5,7H2,1H3,(H,19,20). The van der Waals surface area contributed by atoms with E-state index in [-0.39, 0.29) is 11.9 Å². The molecule has 2 aromatic rings. The number of anilines is 1. The molecule has 4 heteroatoms. The molecule has 1 aromatic heterocycles. The van der Waals surface area contributed by atoms with Crippen molar-refractivity contribution in [2.24, 2.45) is 0 Å². The van der Waals surface area contributed by atoms with E-state index in [1.165, 1.54) is 16.0 Å². The van der Waals surface area contributed by atoms with Gasteiger partial charge in [0.1, 0.15) is 0 Å². The zero-order chi connectivity index (χ0) is 14.7. The van der Waals surface area contributed by atoms with Gasteiger partial charge in [0, 0.05) is 17.0 Å². The van der Waals surface area contributed by atoms with Crippen LogP contribution in [-0.2, 0) is 11.2 Å². The van der Waals surface area contributed by atoms with Crippen LogP contribution in [0.25, 0.3) is 0 Å². The van der Waals surface area contributed by atoms with E-state index < -0.39 is 0 Å². The summed E-state index contributed by atoms with van der Waals surface area (Å²) in [5.41, 5.74) is 3.50. The summed E-state index contributed by atoms with van der Waals surface area (Å²) in [4.78, 5) is 13.0. The Hall–Kier alpha value is -1.65. The topological polar surface area (TPSA) is 41.1 Å². The average molecular weight is 300 g/mol. The van der Waals surface area contributed by atoms with Crippen molar-refractivity contribution in [3.05, 3.63) is 51.7 Å². The Kier molecular flexibility index (Phi) is 4.36. The monoisotopic (exact) mass is 300 g/mol. The molecule has 0 saturated heterocycles. The highest BCUT2D eigenvalue weighted by Gasteiger charge is 2.18. The lowest BCUT2D eigenvalue weighted by Gasteiger charge is -2.19. The van der Waals surface area contributed by atoms with Gasteiger partial charge in [0.25, 0.3) is 0 Å². The van der Waals surface area contributed by atoms with E-state index in [9.17, 15) is 4.79 Å². The SMILES string of the molecule is CCNC(c1ccc2c(c1)CCCC(=O)N2)c1cccs1. The molecule has 2 N–H and O–H groups in total. The number of nitrogens with one attached hydrogen (secondary N) is 2. The largest absolute Gasteiger partial charge is 0.326 e. The Morgan fingerprint density at radius 1 is 1.33 bits per heavy atom. The maximum absolute atomic E-state index is 11.6. The van der Waals surface area contributed by atoms with Crippen molar-refractivity contribution in [3.8, 4) is 0 Å². The molecule has 1 aliphatic heterocycles. The van der Waals surface area contributed by atoms with Crippen molar-refractivity contribution in [1.29, 1.82) is 0 Å². The van der Waals surface area contributed by atoms with Crippen molar-refractivity contribution >= 4 is 22.9 Å². The second-order valence-corrected chi connectivity index (χ2v) is 6.30. The van der Waals surface area contributed by atoms with E-state index in [4.69, 9.17) is 0 Å². The van der Waals surface area contributed by atoms with Gasteiger partial charge in [-0.2, -0.15) is 0 Å². The van der Waals surface area contributed by atoms with Crippen LogP contribution in [0, 0.1) is 0 Å². The van der Waals surface area contributed by atoms with Gasteiger partial charge >= 0.3 is 0 Å². The molecule has 1 unspecified atom stereocenters. The summed E-state index contributed by atoms with van der Waals surface area (Å²) in [5.74, 6) is 0.128. The number of aryl methyl sites for hydroxylation is 1. The van der Waals surface area contributed by atoms with Crippen LogP contribution in [0.3, 0.4) is 0 Å². The van der Waals surface area contributed by atoms with Gasteiger partial charge in [0.2, 0.25) is 5.91 Å². The highest BCUT2D eigenvalue weighted by Crippen LogP contribution is 2.30. The number of fused-ring (bicyclic) bond motifs is 1. The number of benzene rings is 1.